The summed E-state index contributed by atoms with van der Waals surface area (Å²) in [5, 5.41) is 0. The van der Waals surface area contributed by atoms with Crippen LogP contribution in [0, 0.1) is 12.3 Å². The number of hydrogen-bond acceptors (Lipinski definition) is 4. The number of carbonyl (C=O) groups excluding carboxylic acids is 2. The normalized spacial score (nSPS) is 24.0. The number of aryl methyl sites for hydroxylation is 1. The number of fused-ring (bicyclic) bond motifs is 1. The van der Waals surface area contributed by atoms with Crippen LogP contribution < -0.4 is 0 Å². The van der Waals surface area contributed by atoms with Gasteiger partial charge in [-0.15, -0.1) is 0 Å². The highest BCUT2D eigenvalue weighted by Crippen LogP contribution is 2.39. The monoisotopic (exact) mass is 336 g/mol. The minimum absolute atomic E-state index is 0.0401. The Morgan fingerprint density at radius 3 is 2.35 bits per heavy atom. The minimum Gasteiger partial charge on any atom is -0.319 e. The molecule has 0 saturated carbocycles. The molecule has 2 saturated heterocycles. The van der Waals surface area contributed by atoms with E-state index in [1.165, 1.54) is 17.0 Å². The zero-order valence-corrected chi connectivity index (χ0v) is 14.3. The first-order valence-electron chi connectivity index (χ1n) is 7.57. The molecule has 1 aromatic rings. The molecule has 0 aromatic heterocycles. The van der Waals surface area contributed by atoms with Crippen LogP contribution in [0.5, 0.6) is 0 Å². The molecule has 0 bridgehead atoms. The van der Waals surface area contributed by atoms with Crippen LogP contribution in [0.4, 0.5) is 4.79 Å². The predicted octanol–water partition coefficient (Wildman–Crippen LogP) is 2.14. The first-order valence-corrected chi connectivity index (χ1v) is 9.01. The van der Waals surface area contributed by atoms with Crippen LogP contribution in [0.15, 0.2) is 29.2 Å². The number of imide groups is 1. The molecule has 23 heavy (non-hydrogen) atoms. The van der Waals surface area contributed by atoms with Crippen LogP contribution >= 0.6 is 0 Å². The molecule has 2 aliphatic heterocycles. The number of hydrogen-bond donors (Lipinski definition) is 0. The summed E-state index contributed by atoms with van der Waals surface area (Å²) in [5.74, 6) is -0.644. The molecule has 2 aliphatic rings. The Labute approximate surface area is 136 Å². The molecule has 0 N–H and O–H groups in total. The Hall–Kier alpha value is -1.89. The molecule has 2 heterocycles. The lowest BCUT2D eigenvalue weighted by Gasteiger charge is -2.35. The molecule has 0 spiro atoms. The Morgan fingerprint density at radius 1 is 1.13 bits per heavy atom. The van der Waals surface area contributed by atoms with Gasteiger partial charge in [0, 0.05) is 19.0 Å². The van der Waals surface area contributed by atoms with Crippen LogP contribution in [0.1, 0.15) is 32.3 Å². The van der Waals surface area contributed by atoms with Crippen molar-refractivity contribution in [3.63, 3.8) is 0 Å². The van der Waals surface area contributed by atoms with Crippen LogP contribution in [-0.2, 0) is 14.8 Å². The van der Waals surface area contributed by atoms with Gasteiger partial charge < -0.3 is 4.90 Å². The number of rotatable bonds is 2. The van der Waals surface area contributed by atoms with Crippen molar-refractivity contribution < 1.29 is 18.0 Å². The quantitative estimate of drug-likeness (QED) is 0.829. The first kappa shape index (κ1) is 16.0. The molecular formula is C16H20N2O4S. The third-order valence-corrected chi connectivity index (χ3v) is 6.15. The van der Waals surface area contributed by atoms with Gasteiger partial charge >= 0.3 is 6.03 Å². The van der Waals surface area contributed by atoms with E-state index < -0.39 is 22.0 Å². The summed E-state index contributed by atoms with van der Waals surface area (Å²) in [6.07, 6.45) is 0.767. The Bertz CT molecular complexity index is 768. The average molecular weight is 336 g/mol. The summed E-state index contributed by atoms with van der Waals surface area (Å²) in [5.41, 5.74) is 0.797. The maximum absolute atomic E-state index is 12.7. The van der Waals surface area contributed by atoms with Crippen LogP contribution in [0.3, 0.4) is 0 Å². The van der Waals surface area contributed by atoms with Gasteiger partial charge in [-0.2, -0.15) is 4.31 Å². The van der Waals surface area contributed by atoms with Gasteiger partial charge in [-0.3, -0.25) is 4.79 Å². The summed E-state index contributed by atoms with van der Waals surface area (Å²) >= 11 is 0. The third kappa shape index (κ3) is 2.63. The van der Waals surface area contributed by atoms with Crippen LogP contribution in [0.25, 0.3) is 0 Å². The van der Waals surface area contributed by atoms with Gasteiger partial charge in [0.2, 0.25) is 5.91 Å². The van der Waals surface area contributed by atoms with Crippen molar-refractivity contribution >= 4 is 22.0 Å². The van der Waals surface area contributed by atoms with E-state index in [-0.39, 0.29) is 22.8 Å². The number of benzene rings is 1. The standard InChI is InChI=1S/C16H20N2O4S/c1-11-4-6-13(7-5-11)23(21,22)18-14(19)8-12-9-16(2,3)10-17(12)15(18)20/h4-7,12H,8-10H2,1-3H3. The molecule has 0 radical (unpaired) electrons. The topological polar surface area (TPSA) is 74.8 Å². The summed E-state index contributed by atoms with van der Waals surface area (Å²) < 4.78 is 25.9. The van der Waals surface area contributed by atoms with E-state index in [4.69, 9.17) is 0 Å². The summed E-state index contributed by atoms with van der Waals surface area (Å²) in [6.45, 7) is 6.33. The van der Waals surface area contributed by atoms with E-state index in [2.05, 4.69) is 0 Å². The number of sulfonamides is 1. The second-order valence-electron chi connectivity index (χ2n) is 7.11. The van der Waals surface area contributed by atoms with Crippen LogP contribution in [-0.4, -0.2) is 42.1 Å². The fourth-order valence-electron chi connectivity index (χ4n) is 3.37. The zero-order chi connectivity index (χ0) is 17.0. The van der Waals surface area contributed by atoms with Crippen molar-refractivity contribution in [3.05, 3.63) is 29.8 Å². The largest absolute Gasteiger partial charge is 0.341 e. The highest BCUT2D eigenvalue weighted by atomic mass is 32.2. The van der Waals surface area contributed by atoms with Gasteiger partial charge in [0.1, 0.15) is 0 Å². The highest BCUT2D eigenvalue weighted by molar-refractivity contribution is 7.90. The summed E-state index contributed by atoms with van der Waals surface area (Å²) in [6, 6.07) is 5.21. The van der Waals surface area contributed by atoms with E-state index in [0.717, 1.165) is 5.56 Å². The molecule has 3 amide bonds. The smallest absolute Gasteiger partial charge is 0.319 e. The van der Waals surface area contributed by atoms with Gasteiger partial charge in [0.05, 0.1) is 4.90 Å². The van der Waals surface area contributed by atoms with E-state index in [1.807, 2.05) is 20.8 Å². The Balaban J connectivity index is 1.97. The van der Waals surface area contributed by atoms with E-state index in [0.29, 0.717) is 17.3 Å². The molecule has 6 nitrogen and oxygen atoms in total. The fourth-order valence-corrected chi connectivity index (χ4v) is 4.71. The molecule has 7 heteroatoms. The average Bonchev–Trinajstić information content (AvgIpc) is 2.73. The number of carbonyl (C=O) groups is 2. The van der Waals surface area contributed by atoms with E-state index in [9.17, 15) is 18.0 Å². The SMILES string of the molecule is Cc1ccc(S(=O)(=O)N2C(=O)CC3CC(C)(C)CN3C2=O)cc1. The van der Waals surface area contributed by atoms with Gasteiger partial charge in [0.15, 0.2) is 0 Å². The van der Waals surface area contributed by atoms with Crippen molar-refractivity contribution in [2.75, 3.05) is 6.54 Å². The third-order valence-electron chi connectivity index (χ3n) is 4.44. The number of amides is 3. The van der Waals surface area contributed by atoms with Gasteiger partial charge in [-0.1, -0.05) is 31.5 Å². The second-order valence-corrected chi connectivity index (χ2v) is 8.90. The maximum atomic E-state index is 12.7. The van der Waals surface area contributed by atoms with Crippen LogP contribution in [0.2, 0.25) is 0 Å². The molecule has 3 rings (SSSR count). The number of urea groups is 1. The lowest BCUT2D eigenvalue weighted by atomic mass is 9.90. The zero-order valence-electron chi connectivity index (χ0n) is 13.4. The lowest BCUT2D eigenvalue weighted by Crippen LogP contribution is -2.56. The number of nitrogens with zero attached hydrogens (tertiary/aromatic N) is 2. The Morgan fingerprint density at radius 2 is 1.74 bits per heavy atom. The highest BCUT2D eigenvalue weighted by Gasteiger charge is 2.51. The Kier molecular flexibility index (Phi) is 3.51. The van der Waals surface area contributed by atoms with E-state index in [1.54, 1.807) is 12.1 Å². The molecular weight excluding hydrogens is 316 g/mol. The molecule has 124 valence electrons. The summed E-state index contributed by atoms with van der Waals surface area (Å²) in [4.78, 5) is 26.5. The molecule has 1 aromatic carbocycles. The lowest BCUT2D eigenvalue weighted by molar-refractivity contribution is -0.127. The van der Waals surface area contributed by atoms with Crippen molar-refractivity contribution in [2.45, 2.75) is 44.6 Å². The van der Waals surface area contributed by atoms with Crippen molar-refractivity contribution in [1.82, 2.24) is 9.21 Å². The fraction of sp³-hybridized carbons (Fsp3) is 0.500. The molecule has 1 unspecified atom stereocenters. The molecule has 1 atom stereocenters. The van der Waals surface area contributed by atoms with Gasteiger partial charge in [-0.05, 0) is 30.9 Å². The first-order chi connectivity index (χ1) is 10.6. The predicted molar refractivity (Wildman–Crippen MR) is 84.1 cm³/mol. The van der Waals surface area contributed by atoms with Gasteiger partial charge in [0.25, 0.3) is 10.0 Å². The second kappa shape index (κ2) is 5.06. The van der Waals surface area contributed by atoms with Crippen molar-refractivity contribution in [3.8, 4) is 0 Å². The molecule has 2 fully saturated rings. The van der Waals surface area contributed by atoms with E-state index >= 15 is 0 Å². The van der Waals surface area contributed by atoms with Crippen molar-refractivity contribution in [2.24, 2.45) is 5.41 Å². The van der Waals surface area contributed by atoms with Gasteiger partial charge in [-0.25, -0.2) is 13.2 Å². The summed E-state index contributed by atoms with van der Waals surface area (Å²) in [7, 11) is -4.16. The van der Waals surface area contributed by atoms with Crippen molar-refractivity contribution in [1.29, 1.82) is 0 Å². The maximum Gasteiger partial charge on any atom is 0.341 e. The minimum atomic E-state index is -4.16. The molecule has 0 aliphatic carbocycles.